The SMILES string of the molecule is CC(C)=C[C@@H]1[C@H](C(=O)NCCCO)C1(C)C. The van der Waals surface area contributed by atoms with Crippen LogP contribution in [0.4, 0.5) is 0 Å². The van der Waals surface area contributed by atoms with Crippen molar-refractivity contribution in [3.8, 4) is 0 Å². The molecule has 2 atom stereocenters. The zero-order valence-corrected chi connectivity index (χ0v) is 10.7. The summed E-state index contributed by atoms with van der Waals surface area (Å²) in [6.07, 6.45) is 2.82. The Morgan fingerprint density at radius 1 is 1.44 bits per heavy atom. The van der Waals surface area contributed by atoms with Crippen molar-refractivity contribution in [3.05, 3.63) is 11.6 Å². The Labute approximate surface area is 97.9 Å². The molecule has 3 nitrogen and oxygen atoms in total. The maximum absolute atomic E-state index is 11.9. The van der Waals surface area contributed by atoms with Crippen molar-refractivity contribution in [3.63, 3.8) is 0 Å². The highest BCUT2D eigenvalue weighted by Crippen LogP contribution is 2.59. The highest BCUT2D eigenvalue weighted by atomic mass is 16.3. The minimum absolute atomic E-state index is 0.0839. The third-order valence-electron chi connectivity index (χ3n) is 3.34. The second-order valence-corrected chi connectivity index (χ2v) is 5.44. The highest BCUT2D eigenvalue weighted by Gasteiger charge is 2.60. The second kappa shape index (κ2) is 5.00. The van der Waals surface area contributed by atoms with Gasteiger partial charge in [0, 0.05) is 13.2 Å². The Bertz CT molecular complexity index is 290. The molecule has 1 fully saturated rings. The first-order valence-electron chi connectivity index (χ1n) is 5.95. The van der Waals surface area contributed by atoms with Gasteiger partial charge in [0.15, 0.2) is 0 Å². The zero-order valence-electron chi connectivity index (χ0n) is 10.7. The number of rotatable bonds is 5. The van der Waals surface area contributed by atoms with Crippen LogP contribution in [-0.2, 0) is 4.79 Å². The normalized spacial score (nSPS) is 26.1. The van der Waals surface area contributed by atoms with Gasteiger partial charge in [-0.05, 0) is 31.6 Å². The fourth-order valence-electron chi connectivity index (χ4n) is 2.25. The van der Waals surface area contributed by atoms with Gasteiger partial charge in [0.2, 0.25) is 5.91 Å². The van der Waals surface area contributed by atoms with Crippen LogP contribution in [-0.4, -0.2) is 24.2 Å². The lowest BCUT2D eigenvalue weighted by atomic mass is 10.1. The smallest absolute Gasteiger partial charge is 0.224 e. The van der Waals surface area contributed by atoms with Gasteiger partial charge in [0.1, 0.15) is 0 Å². The number of allylic oxidation sites excluding steroid dienone is 2. The number of hydrogen-bond donors (Lipinski definition) is 2. The number of carbonyl (C=O) groups is 1. The van der Waals surface area contributed by atoms with Gasteiger partial charge in [0.25, 0.3) is 0 Å². The third kappa shape index (κ3) is 2.85. The molecule has 0 radical (unpaired) electrons. The molecule has 0 aromatic heterocycles. The van der Waals surface area contributed by atoms with E-state index in [0.29, 0.717) is 18.9 Å². The van der Waals surface area contributed by atoms with Crippen molar-refractivity contribution in [1.82, 2.24) is 5.32 Å². The topological polar surface area (TPSA) is 49.3 Å². The largest absolute Gasteiger partial charge is 0.396 e. The van der Waals surface area contributed by atoms with Crippen molar-refractivity contribution in [2.45, 2.75) is 34.1 Å². The van der Waals surface area contributed by atoms with Crippen LogP contribution in [0.25, 0.3) is 0 Å². The predicted molar refractivity (Wildman–Crippen MR) is 64.9 cm³/mol. The third-order valence-corrected chi connectivity index (χ3v) is 3.34. The van der Waals surface area contributed by atoms with E-state index in [0.717, 1.165) is 0 Å². The number of aliphatic hydroxyl groups excluding tert-OH is 1. The van der Waals surface area contributed by atoms with E-state index in [4.69, 9.17) is 5.11 Å². The molecule has 0 heterocycles. The van der Waals surface area contributed by atoms with Gasteiger partial charge in [0.05, 0.1) is 5.92 Å². The molecule has 0 unspecified atom stereocenters. The van der Waals surface area contributed by atoms with Crippen LogP contribution in [0.3, 0.4) is 0 Å². The molecule has 0 bridgehead atoms. The molecular formula is C13H23NO2. The number of aliphatic hydroxyl groups is 1. The highest BCUT2D eigenvalue weighted by molar-refractivity contribution is 5.83. The quantitative estimate of drug-likeness (QED) is 0.553. The summed E-state index contributed by atoms with van der Waals surface area (Å²) in [6, 6.07) is 0. The van der Waals surface area contributed by atoms with Crippen molar-refractivity contribution in [2.24, 2.45) is 17.3 Å². The van der Waals surface area contributed by atoms with Crippen LogP contribution in [0.15, 0.2) is 11.6 Å². The van der Waals surface area contributed by atoms with E-state index in [2.05, 4.69) is 39.1 Å². The molecule has 3 heteroatoms. The summed E-state index contributed by atoms with van der Waals surface area (Å²) in [5.74, 6) is 0.591. The molecule has 16 heavy (non-hydrogen) atoms. The summed E-state index contributed by atoms with van der Waals surface area (Å²) in [5, 5.41) is 11.5. The van der Waals surface area contributed by atoms with E-state index < -0.39 is 0 Å². The molecule has 0 spiro atoms. The fourth-order valence-corrected chi connectivity index (χ4v) is 2.25. The summed E-state index contributed by atoms with van der Waals surface area (Å²) in [5.41, 5.74) is 1.35. The van der Waals surface area contributed by atoms with Gasteiger partial charge in [-0.25, -0.2) is 0 Å². The van der Waals surface area contributed by atoms with Gasteiger partial charge in [-0.15, -0.1) is 0 Å². The van der Waals surface area contributed by atoms with E-state index in [-0.39, 0.29) is 23.8 Å². The average molecular weight is 225 g/mol. The fraction of sp³-hybridized carbons (Fsp3) is 0.769. The first kappa shape index (κ1) is 13.2. The molecule has 92 valence electrons. The molecule has 0 saturated heterocycles. The monoisotopic (exact) mass is 225 g/mol. The lowest BCUT2D eigenvalue weighted by Gasteiger charge is -2.04. The van der Waals surface area contributed by atoms with Crippen molar-refractivity contribution >= 4 is 5.91 Å². The Kier molecular flexibility index (Phi) is 4.14. The maximum atomic E-state index is 11.9. The molecule has 0 aliphatic heterocycles. The van der Waals surface area contributed by atoms with Crippen molar-refractivity contribution in [2.75, 3.05) is 13.2 Å². The van der Waals surface area contributed by atoms with Gasteiger partial charge in [-0.3, -0.25) is 4.79 Å². The molecule has 1 aliphatic carbocycles. The molecule has 0 aromatic rings. The maximum Gasteiger partial charge on any atom is 0.224 e. The van der Waals surface area contributed by atoms with Crippen LogP contribution in [0, 0.1) is 17.3 Å². The lowest BCUT2D eigenvalue weighted by Crippen LogP contribution is -2.28. The van der Waals surface area contributed by atoms with Crippen LogP contribution in [0.2, 0.25) is 0 Å². The van der Waals surface area contributed by atoms with Gasteiger partial charge in [-0.1, -0.05) is 25.5 Å². The summed E-state index contributed by atoms with van der Waals surface area (Å²) < 4.78 is 0. The van der Waals surface area contributed by atoms with Gasteiger partial charge >= 0.3 is 0 Å². The minimum atomic E-state index is 0.0839. The summed E-state index contributed by atoms with van der Waals surface area (Å²) >= 11 is 0. The molecule has 1 saturated carbocycles. The standard InChI is InChI=1S/C13H23NO2/c1-9(2)8-10-11(13(10,3)4)12(16)14-6-5-7-15/h8,10-11,15H,5-7H2,1-4H3,(H,14,16)/t10-,11-/m1/s1. The Hall–Kier alpha value is -0.830. The first-order chi connectivity index (χ1) is 7.41. The average Bonchev–Trinajstić information content (AvgIpc) is 2.67. The Balaban J connectivity index is 2.49. The predicted octanol–water partition coefficient (Wildman–Crippen LogP) is 1.72. The minimum Gasteiger partial charge on any atom is -0.396 e. The molecular weight excluding hydrogens is 202 g/mol. The lowest BCUT2D eigenvalue weighted by molar-refractivity contribution is -0.123. The number of nitrogens with one attached hydrogen (secondary N) is 1. The number of amides is 1. The van der Waals surface area contributed by atoms with Crippen LogP contribution < -0.4 is 5.32 Å². The van der Waals surface area contributed by atoms with Crippen LogP contribution in [0.1, 0.15) is 34.1 Å². The molecule has 1 amide bonds. The van der Waals surface area contributed by atoms with E-state index in [1.54, 1.807) is 0 Å². The number of carbonyl (C=O) groups excluding carboxylic acids is 1. The Morgan fingerprint density at radius 2 is 2.06 bits per heavy atom. The van der Waals surface area contributed by atoms with E-state index in [1.165, 1.54) is 5.57 Å². The molecule has 2 N–H and O–H groups in total. The molecule has 0 aromatic carbocycles. The van der Waals surface area contributed by atoms with Gasteiger partial charge < -0.3 is 10.4 Å². The molecule has 1 aliphatic rings. The zero-order chi connectivity index (χ0) is 12.3. The second-order valence-electron chi connectivity index (χ2n) is 5.44. The summed E-state index contributed by atoms with van der Waals surface area (Å²) in [4.78, 5) is 11.9. The molecule has 1 rings (SSSR count). The van der Waals surface area contributed by atoms with Crippen molar-refractivity contribution < 1.29 is 9.90 Å². The van der Waals surface area contributed by atoms with E-state index >= 15 is 0 Å². The summed E-state index contributed by atoms with van der Waals surface area (Å²) in [6.45, 7) is 9.10. The van der Waals surface area contributed by atoms with E-state index in [1.807, 2.05) is 0 Å². The van der Waals surface area contributed by atoms with Gasteiger partial charge in [-0.2, -0.15) is 0 Å². The number of hydrogen-bond acceptors (Lipinski definition) is 2. The first-order valence-corrected chi connectivity index (χ1v) is 5.95. The van der Waals surface area contributed by atoms with Crippen molar-refractivity contribution in [1.29, 1.82) is 0 Å². The summed E-state index contributed by atoms with van der Waals surface area (Å²) in [7, 11) is 0. The van der Waals surface area contributed by atoms with Crippen LogP contribution in [0.5, 0.6) is 0 Å². The Morgan fingerprint density at radius 3 is 2.56 bits per heavy atom. The van der Waals surface area contributed by atoms with Crippen LogP contribution >= 0.6 is 0 Å². The van der Waals surface area contributed by atoms with E-state index in [9.17, 15) is 4.79 Å².